The Morgan fingerprint density at radius 3 is 2.58 bits per heavy atom. The van der Waals surface area contributed by atoms with E-state index in [-0.39, 0.29) is 23.4 Å². The van der Waals surface area contributed by atoms with Crippen molar-refractivity contribution in [2.24, 2.45) is 0 Å². The molecule has 3 N–H and O–H groups in total. The number of nitrogens with one attached hydrogen (secondary N) is 3. The van der Waals surface area contributed by atoms with Crippen LogP contribution in [0.2, 0.25) is 0 Å². The summed E-state index contributed by atoms with van der Waals surface area (Å²) in [5, 5.41) is 8.28. The van der Waals surface area contributed by atoms with E-state index < -0.39 is 5.82 Å². The molecule has 0 radical (unpaired) electrons. The van der Waals surface area contributed by atoms with Gasteiger partial charge >= 0.3 is 6.03 Å². The van der Waals surface area contributed by atoms with E-state index in [0.29, 0.717) is 10.0 Å². The number of urea groups is 1. The predicted molar refractivity (Wildman–Crippen MR) is 134 cm³/mol. The number of hydrogen-bond donors (Lipinski definition) is 3. The van der Waals surface area contributed by atoms with Crippen molar-refractivity contribution >= 4 is 62.3 Å². The molecule has 0 spiro atoms. The molecule has 0 atom stereocenters. The first kappa shape index (κ1) is 22.8. The summed E-state index contributed by atoms with van der Waals surface area (Å²) in [6.45, 7) is 3.96. The third-order valence-corrected chi connectivity index (χ3v) is 7.12. The number of carbonyl (C=O) groups excluding carboxylic acids is 2. The number of anilines is 3. The lowest BCUT2D eigenvalue weighted by Crippen LogP contribution is -2.20. The third kappa shape index (κ3) is 5.68. The largest absolute Gasteiger partial charge is 0.323 e. The molecular formula is C24H21FN4O2S2. The number of fused-ring (bicyclic) bond motifs is 1. The maximum Gasteiger partial charge on any atom is 0.323 e. The molecule has 9 heteroatoms. The van der Waals surface area contributed by atoms with Crippen LogP contribution in [0.4, 0.5) is 26.2 Å². The van der Waals surface area contributed by atoms with Crippen LogP contribution in [0.15, 0.2) is 65.0 Å². The number of benzene rings is 3. The van der Waals surface area contributed by atoms with Crippen LogP contribution < -0.4 is 16.0 Å². The molecule has 4 aromatic rings. The van der Waals surface area contributed by atoms with Crippen LogP contribution in [0.1, 0.15) is 11.1 Å². The number of thioether (sulfide) groups is 1. The molecule has 0 unspecified atom stereocenters. The summed E-state index contributed by atoms with van der Waals surface area (Å²) in [6, 6.07) is 16.9. The van der Waals surface area contributed by atoms with Crippen LogP contribution >= 0.6 is 23.1 Å². The Balaban J connectivity index is 1.37. The van der Waals surface area contributed by atoms with Crippen LogP contribution in [0.25, 0.3) is 10.2 Å². The van der Waals surface area contributed by atoms with Gasteiger partial charge in [-0.2, -0.15) is 0 Å². The van der Waals surface area contributed by atoms with Gasteiger partial charge < -0.3 is 16.0 Å². The van der Waals surface area contributed by atoms with Gasteiger partial charge in [-0.05, 0) is 61.4 Å². The lowest BCUT2D eigenvalue weighted by molar-refractivity contribution is -0.113. The van der Waals surface area contributed by atoms with Gasteiger partial charge in [0.15, 0.2) is 4.34 Å². The van der Waals surface area contributed by atoms with Crippen molar-refractivity contribution in [3.05, 3.63) is 77.6 Å². The highest BCUT2D eigenvalue weighted by Crippen LogP contribution is 2.31. The van der Waals surface area contributed by atoms with Gasteiger partial charge in [-0.1, -0.05) is 36.0 Å². The summed E-state index contributed by atoms with van der Waals surface area (Å²) in [6.07, 6.45) is 0. The maximum atomic E-state index is 13.7. The van der Waals surface area contributed by atoms with Crippen molar-refractivity contribution < 1.29 is 14.0 Å². The number of rotatable bonds is 6. The van der Waals surface area contributed by atoms with Crippen LogP contribution in [0.5, 0.6) is 0 Å². The lowest BCUT2D eigenvalue weighted by Gasteiger charge is -2.11. The Hall–Kier alpha value is -3.43. The normalized spacial score (nSPS) is 10.8. The minimum absolute atomic E-state index is 0.109. The first-order chi connectivity index (χ1) is 15.9. The van der Waals surface area contributed by atoms with E-state index >= 15 is 0 Å². The molecule has 0 saturated carbocycles. The number of para-hydroxylation sites is 1. The van der Waals surface area contributed by atoms with Crippen molar-refractivity contribution in [1.29, 1.82) is 0 Å². The fraction of sp³-hybridized carbons (Fsp3) is 0.125. The summed E-state index contributed by atoms with van der Waals surface area (Å²) in [5.74, 6) is -0.676. The van der Waals surface area contributed by atoms with Gasteiger partial charge in [0.2, 0.25) is 5.91 Å². The molecule has 33 heavy (non-hydrogen) atoms. The topological polar surface area (TPSA) is 83.1 Å². The molecule has 4 rings (SSSR count). The number of halogens is 1. The van der Waals surface area contributed by atoms with Crippen molar-refractivity contribution in [2.75, 3.05) is 21.7 Å². The fourth-order valence-electron chi connectivity index (χ4n) is 3.09. The van der Waals surface area contributed by atoms with E-state index in [2.05, 4.69) is 20.9 Å². The Morgan fingerprint density at radius 1 is 0.970 bits per heavy atom. The van der Waals surface area contributed by atoms with Crippen molar-refractivity contribution in [2.45, 2.75) is 18.2 Å². The number of carbonyl (C=O) groups is 2. The van der Waals surface area contributed by atoms with Gasteiger partial charge in [-0.15, -0.1) is 11.3 Å². The first-order valence-corrected chi connectivity index (χ1v) is 11.9. The molecule has 0 bridgehead atoms. The van der Waals surface area contributed by atoms with Gasteiger partial charge in [0.25, 0.3) is 0 Å². The Labute approximate surface area is 198 Å². The van der Waals surface area contributed by atoms with Gasteiger partial charge in [-0.25, -0.2) is 14.2 Å². The Kier molecular flexibility index (Phi) is 6.90. The highest BCUT2D eigenvalue weighted by Gasteiger charge is 2.11. The fourth-order valence-corrected chi connectivity index (χ4v) is 5.00. The summed E-state index contributed by atoms with van der Waals surface area (Å²) in [4.78, 5) is 29.1. The minimum atomic E-state index is -0.475. The molecule has 0 aliphatic heterocycles. The number of aryl methyl sites for hydroxylation is 1. The maximum absolute atomic E-state index is 13.7. The molecule has 1 heterocycles. The Morgan fingerprint density at radius 2 is 1.76 bits per heavy atom. The number of amides is 3. The quantitative estimate of drug-likeness (QED) is 0.278. The highest BCUT2D eigenvalue weighted by molar-refractivity contribution is 8.01. The van der Waals surface area contributed by atoms with Crippen LogP contribution in [0, 0.1) is 19.7 Å². The summed E-state index contributed by atoms with van der Waals surface area (Å²) in [5.41, 5.74) is 4.46. The smallest absolute Gasteiger partial charge is 0.323 e. The monoisotopic (exact) mass is 480 g/mol. The standard InChI is InChI=1S/C24H21FN4O2S2/c1-14-6-5-9-18(15(14)2)28-23(31)26-16-10-11-20-21(12-16)33-24(29-20)32-13-22(30)27-19-8-4-3-7-17(19)25/h3-12H,13H2,1-2H3,(H,27,30)(H2,26,28,31). The van der Waals surface area contributed by atoms with Crippen molar-refractivity contribution in [3.8, 4) is 0 Å². The van der Waals surface area contributed by atoms with Gasteiger partial charge in [0.1, 0.15) is 5.82 Å². The molecule has 0 saturated heterocycles. The first-order valence-electron chi connectivity index (χ1n) is 10.1. The van der Waals surface area contributed by atoms with E-state index in [1.807, 2.05) is 44.2 Å². The van der Waals surface area contributed by atoms with E-state index in [1.54, 1.807) is 18.2 Å². The average molecular weight is 481 g/mol. The average Bonchev–Trinajstić information content (AvgIpc) is 3.19. The molecule has 3 amide bonds. The predicted octanol–water partition coefficient (Wildman–Crippen LogP) is 6.43. The summed E-state index contributed by atoms with van der Waals surface area (Å²) >= 11 is 2.70. The van der Waals surface area contributed by atoms with Gasteiger partial charge in [-0.3, -0.25) is 4.79 Å². The van der Waals surface area contributed by atoms with E-state index in [0.717, 1.165) is 27.0 Å². The molecule has 168 valence electrons. The summed E-state index contributed by atoms with van der Waals surface area (Å²) < 4.78 is 15.3. The van der Waals surface area contributed by atoms with E-state index in [9.17, 15) is 14.0 Å². The van der Waals surface area contributed by atoms with E-state index in [1.165, 1.54) is 35.2 Å². The summed E-state index contributed by atoms with van der Waals surface area (Å²) in [7, 11) is 0. The molecule has 0 aliphatic carbocycles. The SMILES string of the molecule is Cc1cccc(NC(=O)Nc2ccc3nc(SCC(=O)Nc4ccccc4F)sc3c2)c1C. The number of hydrogen-bond acceptors (Lipinski definition) is 5. The zero-order chi connectivity index (χ0) is 23.4. The van der Waals surface area contributed by atoms with Crippen LogP contribution in [0.3, 0.4) is 0 Å². The Bertz CT molecular complexity index is 1340. The molecule has 3 aromatic carbocycles. The molecule has 0 aliphatic rings. The number of thiazole rings is 1. The van der Waals surface area contributed by atoms with Crippen LogP contribution in [-0.2, 0) is 4.79 Å². The second-order valence-corrected chi connectivity index (χ2v) is 9.56. The lowest BCUT2D eigenvalue weighted by atomic mass is 10.1. The van der Waals surface area contributed by atoms with Gasteiger partial charge in [0.05, 0.1) is 21.7 Å². The van der Waals surface area contributed by atoms with Crippen LogP contribution in [-0.4, -0.2) is 22.7 Å². The third-order valence-electron chi connectivity index (χ3n) is 4.95. The number of aromatic nitrogens is 1. The number of nitrogens with zero attached hydrogens (tertiary/aromatic N) is 1. The molecular weight excluding hydrogens is 459 g/mol. The molecule has 1 aromatic heterocycles. The zero-order valence-electron chi connectivity index (χ0n) is 17.9. The van der Waals surface area contributed by atoms with Crippen molar-refractivity contribution in [3.63, 3.8) is 0 Å². The van der Waals surface area contributed by atoms with E-state index in [4.69, 9.17) is 0 Å². The zero-order valence-corrected chi connectivity index (χ0v) is 19.6. The van der Waals surface area contributed by atoms with Gasteiger partial charge in [0, 0.05) is 11.4 Å². The second kappa shape index (κ2) is 10.0. The highest BCUT2D eigenvalue weighted by atomic mass is 32.2. The minimum Gasteiger partial charge on any atom is -0.323 e. The molecule has 0 fully saturated rings. The van der Waals surface area contributed by atoms with Crippen molar-refractivity contribution in [1.82, 2.24) is 4.98 Å². The molecule has 6 nitrogen and oxygen atoms in total. The second-order valence-electron chi connectivity index (χ2n) is 7.31.